The maximum Gasteiger partial charge on any atom is 0.301 e. The summed E-state index contributed by atoms with van der Waals surface area (Å²) in [4.78, 5) is 33.3. The van der Waals surface area contributed by atoms with Crippen LogP contribution >= 0.6 is 11.3 Å². The van der Waals surface area contributed by atoms with Crippen molar-refractivity contribution in [1.82, 2.24) is 4.98 Å². The number of aliphatic hydroxyl groups is 1. The maximum absolute atomic E-state index is 13.6. The number of anilines is 1. The van der Waals surface area contributed by atoms with Gasteiger partial charge in [-0.3, -0.25) is 14.5 Å². The lowest BCUT2D eigenvalue weighted by atomic mass is 9.94. The van der Waals surface area contributed by atoms with E-state index >= 15 is 0 Å². The Morgan fingerprint density at radius 2 is 1.80 bits per heavy atom. The van der Waals surface area contributed by atoms with Crippen LogP contribution in [0.4, 0.5) is 5.13 Å². The number of rotatable bonds is 6. The Balaban J connectivity index is 1.55. The second-order valence-electron chi connectivity index (χ2n) is 9.57. The molecule has 0 aliphatic carbocycles. The third kappa shape index (κ3) is 4.12. The van der Waals surface area contributed by atoms with E-state index in [1.165, 1.54) is 30.5 Å². The van der Waals surface area contributed by atoms with Crippen LogP contribution in [0.1, 0.15) is 29.7 Å². The van der Waals surface area contributed by atoms with Crippen LogP contribution in [-0.4, -0.2) is 49.2 Å². The van der Waals surface area contributed by atoms with Crippen molar-refractivity contribution >= 4 is 44.1 Å². The molecule has 1 N–H and O–H groups in total. The van der Waals surface area contributed by atoms with Crippen molar-refractivity contribution in [1.29, 1.82) is 0 Å². The fourth-order valence-corrected chi connectivity index (χ4v) is 6.24. The highest BCUT2D eigenvalue weighted by Gasteiger charge is 2.48. The molecule has 1 aromatic heterocycles. The smallest absolute Gasteiger partial charge is 0.301 e. The highest BCUT2D eigenvalue weighted by atomic mass is 32.1. The molecule has 0 saturated carbocycles. The summed E-state index contributed by atoms with van der Waals surface area (Å²) in [5.74, 6) is 0.434. The molecule has 2 aliphatic heterocycles. The minimum Gasteiger partial charge on any atom is -0.507 e. The van der Waals surface area contributed by atoms with Gasteiger partial charge in [0.05, 0.1) is 43.2 Å². The Bertz CT molecular complexity index is 1710. The van der Waals surface area contributed by atoms with Crippen molar-refractivity contribution in [3.05, 3.63) is 76.9 Å². The molecule has 9 nitrogen and oxygen atoms in total. The van der Waals surface area contributed by atoms with Crippen LogP contribution in [0.15, 0.2) is 60.2 Å². The molecule has 0 bridgehead atoms. The first-order chi connectivity index (χ1) is 19.3. The van der Waals surface area contributed by atoms with Gasteiger partial charge < -0.3 is 24.1 Å². The number of aliphatic hydroxyl groups excluding tert-OH is 1. The lowest BCUT2D eigenvalue weighted by Gasteiger charge is -2.23. The molecule has 1 saturated heterocycles. The Kier molecular flexibility index (Phi) is 6.34. The van der Waals surface area contributed by atoms with Crippen LogP contribution in [0.5, 0.6) is 23.0 Å². The molecule has 0 spiro atoms. The van der Waals surface area contributed by atoms with E-state index in [2.05, 4.69) is 4.98 Å². The van der Waals surface area contributed by atoms with Crippen molar-refractivity contribution in [3.63, 3.8) is 0 Å². The summed E-state index contributed by atoms with van der Waals surface area (Å²) >= 11 is 1.26. The quantitative estimate of drug-likeness (QED) is 0.194. The summed E-state index contributed by atoms with van der Waals surface area (Å²) in [5, 5.41) is 11.9. The van der Waals surface area contributed by atoms with Gasteiger partial charge in [-0.15, -0.1) is 0 Å². The first-order valence-electron chi connectivity index (χ1n) is 12.6. The molecule has 3 aromatic carbocycles. The number of fused-ring (bicyclic) bond motifs is 2. The van der Waals surface area contributed by atoms with Gasteiger partial charge in [-0.25, -0.2) is 4.98 Å². The molecular weight excluding hydrogens is 532 g/mol. The summed E-state index contributed by atoms with van der Waals surface area (Å²) in [7, 11) is 4.61. The minimum absolute atomic E-state index is 0.0161. The van der Waals surface area contributed by atoms with Gasteiger partial charge in [0, 0.05) is 12.0 Å². The summed E-state index contributed by atoms with van der Waals surface area (Å²) in [6, 6.07) is 14.8. The topological polar surface area (TPSA) is 107 Å². The first kappa shape index (κ1) is 25.7. The Labute approximate surface area is 234 Å². The van der Waals surface area contributed by atoms with Gasteiger partial charge >= 0.3 is 5.91 Å². The van der Waals surface area contributed by atoms with Crippen molar-refractivity contribution in [2.45, 2.75) is 25.5 Å². The standard InChI is InChI=1S/C30H26N2O7S/c1-15-11-18-12-17(6-9-21(18)39-15)27(33)25-26(16-5-10-22(37-3)23(13-16)38-4)32(29(35)28(25)34)30-31-20-8-7-19(36-2)14-24(20)40-30/h5-10,12-15,26,33H,11H2,1-4H3/b27-25+/t15-,26-/m1/s1. The van der Waals surface area contributed by atoms with E-state index in [-0.39, 0.29) is 17.4 Å². The van der Waals surface area contributed by atoms with E-state index < -0.39 is 17.7 Å². The van der Waals surface area contributed by atoms with Crippen molar-refractivity contribution in [2.24, 2.45) is 0 Å². The second-order valence-corrected chi connectivity index (χ2v) is 10.6. The van der Waals surface area contributed by atoms with Crippen molar-refractivity contribution < 1.29 is 33.6 Å². The average Bonchev–Trinajstić information content (AvgIpc) is 3.63. The summed E-state index contributed by atoms with van der Waals surface area (Å²) in [6.07, 6.45) is 0.696. The predicted molar refractivity (Wildman–Crippen MR) is 151 cm³/mol. The van der Waals surface area contributed by atoms with E-state index in [1.54, 1.807) is 55.6 Å². The van der Waals surface area contributed by atoms with Crippen molar-refractivity contribution in [2.75, 3.05) is 26.2 Å². The third-order valence-corrected chi connectivity index (χ3v) is 8.15. The van der Waals surface area contributed by atoms with Gasteiger partial charge in [0.15, 0.2) is 16.6 Å². The Hall–Kier alpha value is -4.57. The van der Waals surface area contributed by atoms with Crippen LogP contribution in [0.3, 0.4) is 0 Å². The molecule has 204 valence electrons. The maximum atomic E-state index is 13.6. The number of carbonyl (C=O) groups excluding carboxylic acids is 2. The van der Waals surface area contributed by atoms with E-state index in [9.17, 15) is 14.7 Å². The number of carbonyl (C=O) groups is 2. The molecule has 1 amide bonds. The molecule has 0 unspecified atom stereocenters. The molecule has 2 atom stereocenters. The normalized spacial score (nSPS) is 19.6. The fraction of sp³-hybridized carbons (Fsp3) is 0.233. The average molecular weight is 559 g/mol. The van der Waals surface area contributed by atoms with Gasteiger partial charge in [0.25, 0.3) is 5.78 Å². The van der Waals surface area contributed by atoms with E-state index in [1.807, 2.05) is 13.0 Å². The van der Waals surface area contributed by atoms with Crippen LogP contribution < -0.4 is 23.8 Å². The number of aromatic nitrogens is 1. The number of thiazole rings is 1. The highest BCUT2D eigenvalue weighted by molar-refractivity contribution is 7.22. The first-order valence-corrected chi connectivity index (χ1v) is 13.4. The number of ketones is 1. The van der Waals surface area contributed by atoms with Gasteiger partial charge in [-0.2, -0.15) is 0 Å². The van der Waals surface area contributed by atoms with Crippen LogP contribution in [0.25, 0.3) is 16.0 Å². The van der Waals surface area contributed by atoms with Gasteiger partial charge in [0.1, 0.15) is 23.4 Å². The molecule has 40 heavy (non-hydrogen) atoms. The second kappa shape index (κ2) is 9.87. The molecule has 6 rings (SSSR count). The largest absolute Gasteiger partial charge is 0.507 e. The molecule has 1 fully saturated rings. The molecule has 4 aromatic rings. The SMILES string of the molecule is COc1ccc2nc(N3C(=O)C(=O)/C(=C(/O)c4ccc5c(c4)C[C@@H](C)O5)[C@H]3c3ccc(OC)c(OC)c3)sc2c1. The number of benzene rings is 3. The number of ether oxygens (including phenoxy) is 4. The predicted octanol–water partition coefficient (Wildman–Crippen LogP) is 5.27. The van der Waals surface area contributed by atoms with Gasteiger partial charge in [0.2, 0.25) is 0 Å². The monoisotopic (exact) mass is 558 g/mol. The lowest BCUT2D eigenvalue weighted by Crippen LogP contribution is -2.29. The third-order valence-electron chi connectivity index (χ3n) is 7.13. The Morgan fingerprint density at radius 3 is 2.55 bits per heavy atom. The number of hydrogen-bond donors (Lipinski definition) is 1. The van der Waals surface area contributed by atoms with Crippen LogP contribution in [0, 0.1) is 0 Å². The number of hydrogen-bond acceptors (Lipinski definition) is 9. The minimum atomic E-state index is -0.967. The fourth-order valence-electron chi connectivity index (χ4n) is 5.22. The molecule has 0 radical (unpaired) electrons. The zero-order valence-corrected chi connectivity index (χ0v) is 23.1. The number of amides is 1. The Morgan fingerprint density at radius 1 is 1.00 bits per heavy atom. The zero-order valence-electron chi connectivity index (χ0n) is 22.3. The summed E-state index contributed by atoms with van der Waals surface area (Å²) in [6.45, 7) is 1.97. The van der Waals surface area contributed by atoms with E-state index in [0.29, 0.717) is 45.4 Å². The van der Waals surface area contributed by atoms with Gasteiger partial charge in [-0.05, 0) is 66.6 Å². The van der Waals surface area contributed by atoms with Crippen LogP contribution in [0.2, 0.25) is 0 Å². The highest BCUT2D eigenvalue weighted by Crippen LogP contribution is 2.46. The number of methoxy groups -OCH3 is 3. The number of Topliss-reactive ketones (excluding diaryl/α,β-unsaturated/α-hetero) is 1. The molecule has 3 heterocycles. The summed E-state index contributed by atoms with van der Waals surface area (Å²) in [5.41, 5.74) is 2.51. The van der Waals surface area contributed by atoms with Crippen LogP contribution in [-0.2, 0) is 16.0 Å². The summed E-state index contributed by atoms with van der Waals surface area (Å²) < 4.78 is 22.8. The van der Waals surface area contributed by atoms with Gasteiger partial charge in [-0.1, -0.05) is 17.4 Å². The van der Waals surface area contributed by atoms with Crippen molar-refractivity contribution in [3.8, 4) is 23.0 Å². The zero-order chi connectivity index (χ0) is 28.1. The lowest BCUT2D eigenvalue weighted by molar-refractivity contribution is -0.132. The van der Waals surface area contributed by atoms with E-state index in [0.717, 1.165) is 16.0 Å². The molecule has 10 heteroatoms. The molecular formula is C30H26N2O7S. The molecule has 2 aliphatic rings. The number of nitrogens with zero attached hydrogens (tertiary/aromatic N) is 2. The van der Waals surface area contributed by atoms with E-state index in [4.69, 9.17) is 18.9 Å².